The maximum atomic E-state index is 4.59. The van der Waals surface area contributed by atoms with Gasteiger partial charge in [-0.25, -0.2) is 0 Å². The Bertz CT molecular complexity index is 1110. The topological polar surface area (TPSA) is 51.6 Å². The van der Waals surface area contributed by atoms with Gasteiger partial charge >= 0.3 is 0 Å². The normalized spacial score (nSPS) is 12.1. The van der Waals surface area contributed by atoms with E-state index in [-0.39, 0.29) is 54.3 Å². The van der Waals surface area contributed by atoms with Gasteiger partial charge in [-0.15, -0.1) is 0 Å². The molecule has 42 heavy (non-hydrogen) atoms. The van der Waals surface area contributed by atoms with Crippen molar-refractivity contribution in [1.82, 2.24) is 19.9 Å². The zero-order valence-electron chi connectivity index (χ0n) is 26.8. The molecular weight excluding hydrogens is 648 g/mol. The van der Waals surface area contributed by atoms with Crippen LogP contribution in [0.1, 0.15) is 78.2 Å². The average molecular weight is 696 g/mol. The van der Waals surface area contributed by atoms with Crippen LogP contribution in [0.4, 0.5) is 0 Å². The van der Waals surface area contributed by atoms with Crippen molar-refractivity contribution < 1.29 is 34.1 Å². The molecular formula is C34H48Cu2N4Si2. The van der Waals surface area contributed by atoms with Crippen molar-refractivity contribution in [3.8, 4) is 0 Å². The average Bonchev–Trinajstić information content (AvgIpc) is 2.98. The Hall–Kier alpha value is -1.93. The molecule has 2 radical (unpaired) electrons. The van der Waals surface area contributed by atoms with E-state index in [1.807, 2.05) is 49.1 Å². The van der Waals surface area contributed by atoms with E-state index in [2.05, 4.69) is 137 Å². The molecule has 0 N–H and O–H groups in total. The Kier molecular flexibility index (Phi) is 14.2. The summed E-state index contributed by atoms with van der Waals surface area (Å²) in [4.78, 5) is 18.4. The molecule has 0 bridgehead atoms. The Labute approximate surface area is 279 Å². The molecule has 0 aromatic carbocycles. The summed E-state index contributed by atoms with van der Waals surface area (Å²) in [5, 5.41) is 0.509. The second kappa shape index (κ2) is 15.7. The molecule has 0 fully saturated rings. The molecule has 4 rings (SSSR count). The van der Waals surface area contributed by atoms with E-state index in [0.29, 0.717) is 0 Å². The predicted octanol–water partition coefficient (Wildman–Crippen LogP) is 7.33. The summed E-state index contributed by atoms with van der Waals surface area (Å²) in [6.07, 6.45) is 7.58. The third-order valence-electron chi connectivity index (χ3n) is 9.63. The molecule has 0 amide bonds. The van der Waals surface area contributed by atoms with Crippen LogP contribution in [0.2, 0.25) is 13.1 Å². The molecule has 234 valence electrons. The second-order valence-corrected chi connectivity index (χ2v) is 21.9. The van der Waals surface area contributed by atoms with Gasteiger partial charge in [-0.1, -0.05) is 92.7 Å². The minimum atomic E-state index is -1.20. The molecule has 0 atom stereocenters. The first kappa shape index (κ1) is 38.1. The number of rotatable bonds is 8. The molecule has 4 aromatic heterocycles. The fourth-order valence-corrected chi connectivity index (χ4v) is 11.7. The van der Waals surface area contributed by atoms with Crippen molar-refractivity contribution in [1.29, 1.82) is 0 Å². The third-order valence-corrected chi connectivity index (χ3v) is 19.5. The summed E-state index contributed by atoms with van der Waals surface area (Å²) in [6, 6.07) is 24.9. The molecule has 0 saturated heterocycles. The van der Waals surface area contributed by atoms with Crippen molar-refractivity contribution in [3.63, 3.8) is 0 Å². The summed E-state index contributed by atoms with van der Waals surface area (Å²) < 4.78 is 0. The molecule has 4 aromatic rings. The Morgan fingerprint density at radius 2 is 0.571 bits per heavy atom. The van der Waals surface area contributed by atoms with Crippen LogP contribution in [-0.2, 0) is 54.3 Å². The number of hydrogen-bond acceptors (Lipinski definition) is 4. The maximum absolute atomic E-state index is 4.59. The number of pyridine rings is 4. The predicted molar refractivity (Wildman–Crippen MR) is 175 cm³/mol. The fourth-order valence-electron chi connectivity index (χ4n) is 5.67. The molecule has 0 spiro atoms. The van der Waals surface area contributed by atoms with Crippen LogP contribution in [0.15, 0.2) is 97.6 Å². The summed E-state index contributed by atoms with van der Waals surface area (Å²) in [5.41, 5.74) is 4.79. The number of hydrogen-bond donors (Lipinski definition) is 0. The van der Waals surface area contributed by atoms with Crippen LogP contribution < -0.4 is 0 Å². The quantitative estimate of drug-likeness (QED) is 0.181. The van der Waals surface area contributed by atoms with Gasteiger partial charge in [0.25, 0.3) is 0 Å². The first-order chi connectivity index (χ1) is 18.7. The summed E-state index contributed by atoms with van der Waals surface area (Å²) in [5.74, 6) is 0. The van der Waals surface area contributed by atoms with E-state index in [0.717, 1.165) is 0 Å². The van der Waals surface area contributed by atoms with Gasteiger partial charge in [0.2, 0.25) is 0 Å². The smallest absolute Gasteiger partial charge is 0.0600 e. The fraction of sp³-hybridized carbons (Fsp3) is 0.412. The zero-order chi connectivity index (χ0) is 29.6. The van der Waals surface area contributed by atoms with E-state index >= 15 is 0 Å². The summed E-state index contributed by atoms with van der Waals surface area (Å²) in [7, 11) is -2.40. The van der Waals surface area contributed by atoms with Crippen molar-refractivity contribution in [3.05, 3.63) is 120 Å². The maximum Gasteiger partial charge on any atom is 0.0600 e. The Morgan fingerprint density at radius 1 is 0.381 bits per heavy atom. The van der Waals surface area contributed by atoms with Crippen LogP contribution in [0.25, 0.3) is 0 Å². The van der Waals surface area contributed by atoms with Gasteiger partial charge in [-0.3, -0.25) is 19.9 Å². The van der Waals surface area contributed by atoms with Crippen molar-refractivity contribution in [2.45, 2.75) is 88.6 Å². The summed E-state index contributed by atoms with van der Waals surface area (Å²) in [6.45, 7) is 23.5. The van der Waals surface area contributed by atoms with Crippen molar-refractivity contribution in [2.75, 3.05) is 0 Å². The minimum absolute atomic E-state index is 0. The molecule has 0 unspecified atom stereocenters. The zero-order valence-corrected chi connectivity index (χ0v) is 31.0. The van der Waals surface area contributed by atoms with Gasteiger partial charge in [-0.05, 0) is 68.7 Å². The Morgan fingerprint density at radius 3 is 0.714 bits per heavy atom. The first-order valence-electron chi connectivity index (χ1n) is 14.4. The molecule has 0 aliphatic heterocycles. The van der Waals surface area contributed by atoms with E-state index in [1.165, 1.54) is 22.8 Å². The van der Waals surface area contributed by atoms with E-state index in [4.69, 9.17) is 0 Å². The largest absolute Gasteiger partial charge is 0.261 e. The van der Waals surface area contributed by atoms with Crippen LogP contribution in [-0.4, -0.2) is 37.5 Å². The second-order valence-electron chi connectivity index (χ2n) is 13.2. The Balaban J connectivity index is 0.000000401. The van der Waals surface area contributed by atoms with Crippen LogP contribution in [0, 0.1) is 0 Å². The molecule has 4 heterocycles. The number of aromatic nitrogens is 4. The van der Waals surface area contributed by atoms with Crippen molar-refractivity contribution >= 4 is 17.6 Å². The minimum Gasteiger partial charge on any atom is -0.261 e. The first-order valence-corrected chi connectivity index (χ1v) is 19.0. The molecule has 0 saturated carbocycles. The van der Waals surface area contributed by atoms with Crippen LogP contribution in [0.3, 0.4) is 0 Å². The van der Waals surface area contributed by atoms with Gasteiger partial charge in [0.15, 0.2) is 0 Å². The van der Waals surface area contributed by atoms with Gasteiger partial charge in [0.1, 0.15) is 0 Å². The standard InChI is InChI=1S/2C17H24N2Si.2Cu/c2*1-16(2,14-10-6-8-12-18-14)20(5)17(3,4)15-11-7-9-13-19-15;;/h2*6-13,20H,1-5H3;;. The van der Waals surface area contributed by atoms with Gasteiger partial charge < -0.3 is 0 Å². The van der Waals surface area contributed by atoms with Crippen molar-refractivity contribution in [2.24, 2.45) is 0 Å². The van der Waals surface area contributed by atoms with Gasteiger partial charge in [-0.2, -0.15) is 0 Å². The van der Waals surface area contributed by atoms with Crippen LogP contribution in [0.5, 0.6) is 0 Å². The number of nitrogens with zero attached hydrogens (tertiary/aromatic N) is 4. The van der Waals surface area contributed by atoms with Gasteiger partial charge in [0.05, 0.1) is 17.6 Å². The monoisotopic (exact) mass is 694 g/mol. The van der Waals surface area contributed by atoms with Crippen LogP contribution >= 0.6 is 0 Å². The molecule has 4 nitrogen and oxygen atoms in total. The SMILES string of the molecule is C[SiH](C(C)(C)c1ccccn1)C(C)(C)c1ccccn1.C[SiH](C(C)(C)c1ccccn1)C(C)(C)c1ccccn1.[Cu].[Cu]. The molecule has 0 aliphatic carbocycles. The van der Waals surface area contributed by atoms with E-state index < -0.39 is 17.6 Å². The summed E-state index contributed by atoms with van der Waals surface area (Å²) >= 11 is 0. The third kappa shape index (κ3) is 8.58. The van der Waals surface area contributed by atoms with Gasteiger partial charge in [0, 0.05) is 81.7 Å². The van der Waals surface area contributed by atoms with E-state index in [9.17, 15) is 0 Å². The van der Waals surface area contributed by atoms with E-state index in [1.54, 1.807) is 0 Å². The molecule has 0 aliphatic rings. The molecule has 8 heteroatoms.